The Bertz CT molecular complexity index is 420. The van der Waals surface area contributed by atoms with Crippen LogP contribution < -0.4 is 10.6 Å². The Morgan fingerprint density at radius 3 is 2.56 bits per heavy atom. The first kappa shape index (κ1) is 13.3. The number of nitrogen functional groups attached to an aromatic ring is 1. The number of hydrogen-bond donors (Lipinski definition) is 2. The molecule has 2 rings (SSSR count). The van der Waals surface area contributed by atoms with Crippen molar-refractivity contribution in [2.75, 3.05) is 50.0 Å². The number of halogens is 1. The number of aliphatic hydroxyl groups is 1. The molecular formula is C11H18ClN5O. The highest BCUT2D eigenvalue weighted by molar-refractivity contribution is 6.28. The molecule has 0 amide bonds. The molecule has 1 aliphatic rings. The van der Waals surface area contributed by atoms with Crippen LogP contribution in [-0.4, -0.2) is 59.3 Å². The van der Waals surface area contributed by atoms with Crippen LogP contribution in [-0.2, 0) is 0 Å². The van der Waals surface area contributed by atoms with Crippen LogP contribution in [0.4, 0.5) is 11.5 Å². The summed E-state index contributed by atoms with van der Waals surface area (Å²) in [7, 11) is 0. The predicted octanol–water partition coefficient (Wildman–Crippen LogP) is 0.135. The summed E-state index contributed by atoms with van der Waals surface area (Å²) in [5, 5.41) is 9.14. The van der Waals surface area contributed by atoms with Gasteiger partial charge in [-0.3, -0.25) is 4.90 Å². The summed E-state index contributed by atoms with van der Waals surface area (Å²) in [5.74, 6) is 0.719. The van der Waals surface area contributed by atoms with Crippen LogP contribution in [0, 0.1) is 6.92 Å². The van der Waals surface area contributed by atoms with Gasteiger partial charge in [-0.2, -0.15) is 4.98 Å². The molecule has 1 saturated heterocycles. The van der Waals surface area contributed by atoms with E-state index in [1.54, 1.807) is 0 Å². The molecule has 7 heteroatoms. The molecule has 0 spiro atoms. The maximum absolute atomic E-state index is 8.91. The van der Waals surface area contributed by atoms with E-state index in [-0.39, 0.29) is 11.9 Å². The van der Waals surface area contributed by atoms with Crippen LogP contribution in [0.2, 0.25) is 5.28 Å². The largest absolute Gasteiger partial charge is 0.395 e. The lowest BCUT2D eigenvalue weighted by Crippen LogP contribution is -2.47. The molecule has 18 heavy (non-hydrogen) atoms. The molecule has 1 fully saturated rings. The minimum absolute atomic E-state index is 0.195. The van der Waals surface area contributed by atoms with Gasteiger partial charge >= 0.3 is 0 Å². The summed E-state index contributed by atoms with van der Waals surface area (Å²) in [4.78, 5) is 12.6. The predicted molar refractivity (Wildman–Crippen MR) is 71.9 cm³/mol. The highest BCUT2D eigenvalue weighted by atomic mass is 35.5. The number of anilines is 2. The fraction of sp³-hybridized carbons (Fsp3) is 0.636. The molecular weight excluding hydrogens is 254 g/mol. The van der Waals surface area contributed by atoms with Crippen LogP contribution in [0.1, 0.15) is 5.69 Å². The Morgan fingerprint density at radius 2 is 1.94 bits per heavy atom. The van der Waals surface area contributed by atoms with Gasteiger partial charge < -0.3 is 15.7 Å². The summed E-state index contributed by atoms with van der Waals surface area (Å²) in [6.07, 6.45) is 0. The first-order valence-electron chi connectivity index (χ1n) is 5.99. The maximum atomic E-state index is 8.91. The zero-order valence-electron chi connectivity index (χ0n) is 10.4. The number of nitrogens with zero attached hydrogens (tertiary/aromatic N) is 4. The molecule has 1 aliphatic heterocycles. The van der Waals surface area contributed by atoms with Crippen molar-refractivity contribution in [1.29, 1.82) is 0 Å². The molecule has 0 atom stereocenters. The van der Waals surface area contributed by atoms with E-state index in [1.165, 1.54) is 0 Å². The summed E-state index contributed by atoms with van der Waals surface area (Å²) in [5.41, 5.74) is 7.30. The smallest absolute Gasteiger partial charge is 0.224 e. The summed E-state index contributed by atoms with van der Waals surface area (Å²) < 4.78 is 0. The third kappa shape index (κ3) is 2.82. The van der Waals surface area contributed by atoms with Crippen LogP contribution >= 0.6 is 11.6 Å². The second-order valence-electron chi connectivity index (χ2n) is 4.37. The first-order chi connectivity index (χ1) is 8.61. The number of hydrogen-bond acceptors (Lipinski definition) is 6. The van der Waals surface area contributed by atoms with Crippen LogP contribution in [0.3, 0.4) is 0 Å². The number of aliphatic hydroxyl groups excluding tert-OH is 1. The van der Waals surface area contributed by atoms with Gasteiger partial charge in [0.15, 0.2) is 5.82 Å². The molecule has 3 N–H and O–H groups in total. The number of nitrogens with two attached hydrogens (primary N) is 1. The highest BCUT2D eigenvalue weighted by Crippen LogP contribution is 2.25. The number of piperazine rings is 1. The molecule has 0 radical (unpaired) electrons. The second kappa shape index (κ2) is 5.69. The van der Waals surface area contributed by atoms with E-state index >= 15 is 0 Å². The van der Waals surface area contributed by atoms with Crippen molar-refractivity contribution in [2.24, 2.45) is 0 Å². The normalized spacial score (nSPS) is 17.2. The minimum atomic E-state index is 0.195. The van der Waals surface area contributed by atoms with E-state index in [4.69, 9.17) is 22.4 Å². The topological polar surface area (TPSA) is 78.5 Å². The Morgan fingerprint density at radius 1 is 1.28 bits per heavy atom. The summed E-state index contributed by atoms with van der Waals surface area (Å²) in [6, 6.07) is 0. The van der Waals surface area contributed by atoms with Gasteiger partial charge in [0.25, 0.3) is 0 Å². The zero-order valence-corrected chi connectivity index (χ0v) is 11.2. The minimum Gasteiger partial charge on any atom is -0.395 e. The Hall–Kier alpha value is -1.11. The van der Waals surface area contributed by atoms with Crippen molar-refractivity contribution >= 4 is 23.1 Å². The quantitative estimate of drug-likeness (QED) is 0.761. The van der Waals surface area contributed by atoms with Crippen LogP contribution in [0.5, 0.6) is 0 Å². The van der Waals surface area contributed by atoms with Crippen molar-refractivity contribution in [3.63, 3.8) is 0 Å². The molecule has 0 aliphatic carbocycles. The van der Waals surface area contributed by atoms with Gasteiger partial charge in [0.1, 0.15) is 0 Å². The first-order valence-corrected chi connectivity index (χ1v) is 6.37. The van der Waals surface area contributed by atoms with E-state index < -0.39 is 0 Å². The lowest BCUT2D eigenvalue weighted by Gasteiger charge is -2.35. The zero-order chi connectivity index (χ0) is 13.1. The molecule has 0 aromatic carbocycles. The molecule has 0 unspecified atom stereocenters. The van der Waals surface area contributed by atoms with E-state index in [9.17, 15) is 0 Å². The SMILES string of the molecule is Cc1nc(Cl)nc(N2CCN(CCO)CC2)c1N. The molecule has 1 aromatic rings. The number of aryl methyl sites for hydroxylation is 1. The second-order valence-corrected chi connectivity index (χ2v) is 4.71. The number of aromatic nitrogens is 2. The van der Waals surface area contributed by atoms with Crippen molar-refractivity contribution in [1.82, 2.24) is 14.9 Å². The Balaban J connectivity index is 2.10. The molecule has 0 saturated carbocycles. The third-order valence-electron chi connectivity index (χ3n) is 3.18. The average Bonchev–Trinajstić information content (AvgIpc) is 2.35. The highest BCUT2D eigenvalue weighted by Gasteiger charge is 2.20. The Labute approximate surface area is 111 Å². The van der Waals surface area contributed by atoms with Gasteiger partial charge in [-0.25, -0.2) is 4.98 Å². The van der Waals surface area contributed by atoms with Gasteiger partial charge in [-0.15, -0.1) is 0 Å². The third-order valence-corrected chi connectivity index (χ3v) is 3.35. The van der Waals surface area contributed by atoms with E-state index in [2.05, 4.69) is 19.8 Å². The molecule has 100 valence electrons. The van der Waals surface area contributed by atoms with Gasteiger partial charge in [0.2, 0.25) is 5.28 Å². The van der Waals surface area contributed by atoms with Crippen molar-refractivity contribution < 1.29 is 5.11 Å². The van der Waals surface area contributed by atoms with Crippen molar-refractivity contribution in [3.05, 3.63) is 11.0 Å². The summed E-state index contributed by atoms with van der Waals surface area (Å²) >= 11 is 5.87. The maximum Gasteiger partial charge on any atom is 0.224 e. The number of β-amino-alcohol motifs (C(OH)–C–C–N with tert-alkyl or cyclic N) is 1. The Kier molecular flexibility index (Phi) is 4.21. The van der Waals surface area contributed by atoms with Gasteiger partial charge in [0.05, 0.1) is 18.0 Å². The van der Waals surface area contributed by atoms with Gasteiger partial charge in [-0.1, -0.05) is 0 Å². The van der Waals surface area contributed by atoms with Crippen LogP contribution in [0.15, 0.2) is 0 Å². The molecule has 2 heterocycles. The van der Waals surface area contributed by atoms with E-state index in [0.717, 1.165) is 32.0 Å². The molecule has 1 aromatic heterocycles. The van der Waals surface area contributed by atoms with Crippen LogP contribution in [0.25, 0.3) is 0 Å². The van der Waals surface area contributed by atoms with E-state index in [0.29, 0.717) is 17.9 Å². The van der Waals surface area contributed by atoms with Gasteiger partial charge in [0, 0.05) is 32.7 Å². The van der Waals surface area contributed by atoms with Crippen molar-refractivity contribution in [3.8, 4) is 0 Å². The fourth-order valence-electron chi connectivity index (χ4n) is 2.10. The van der Waals surface area contributed by atoms with Gasteiger partial charge in [-0.05, 0) is 18.5 Å². The average molecular weight is 272 g/mol. The fourth-order valence-corrected chi connectivity index (χ4v) is 2.31. The van der Waals surface area contributed by atoms with Crippen molar-refractivity contribution in [2.45, 2.75) is 6.92 Å². The number of rotatable bonds is 3. The monoisotopic (exact) mass is 271 g/mol. The summed E-state index contributed by atoms with van der Waals surface area (Å²) in [6.45, 7) is 6.18. The van der Waals surface area contributed by atoms with E-state index in [1.807, 2.05) is 6.92 Å². The molecule has 6 nitrogen and oxygen atoms in total. The standard InChI is InChI=1S/C11H18ClN5O/c1-8-9(13)10(15-11(12)14-8)17-4-2-16(3-5-17)6-7-18/h18H,2-7,13H2,1H3. The lowest BCUT2D eigenvalue weighted by molar-refractivity contribution is 0.188. The molecule has 0 bridgehead atoms. The lowest BCUT2D eigenvalue weighted by atomic mass is 10.2.